The van der Waals surface area contributed by atoms with Gasteiger partial charge in [0.25, 0.3) is 0 Å². The highest BCUT2D eigenvalue weighted by Crippen LogP contribution is 2.35. The van der Waals surface area contributed by atoms with Gasteiger partial charge < -0.3 is 10.8 Å². The third kappa shape index (κ3) is 1.71. The lowest BCUT2D eigenvalue weighted by Gasteiger charge is -2.01. The summed E-state index contributed by atoms with van der Waals surface area (Å²) >= 11 is 1.49. The highest BCUT2D eigenvalue weighted by molar-refractivity contribution is 7.22. The number of hydrogen-bond acceptors (Lipinski definition) is 4. The number of nitrogen functional groups attached to an aromatic ring is 1. The quantitative estimate of drug-likeness (QED) is 0.654. The van der Waals surface area contributed by atoms with Gasteiger partial charge in [-0.05, 0) is 42.8 Å². The summed E-state index contributed by atoms with van der Waals surface area (Å²) in [6.45, 7) is 1.98. The van der Waals surface area contributed by atoms with Crippen LogP contribution in [0.3, 0.4) is 0 Å². The van der Waals surface area contributed by atoms with E-state index in [9.17, 15) is 5.11 Å². The molecule has 3 aromatic rings. The maximum absolute atomic E-state index is 9.78. The van der Waals surface area contributed by atoms with Gasteiger partial charge in [0.05, 0.1) is 10.2 Å². The molecule has 0 atom stereocenters. The molecule has 0 amide bonds. The molecule has 2 aromatic carbocycles. The van der Waals surface area contributed by atoms with E-state index < -0.39 is 0 Å². The van der Waals surface area contributed by atoms with Crippen molar-refractivity contribution in [2.45, 2.75) is 6.92 Å². The second-order valence-electron chi connectivity index (χ2n) is 4.22. The summed E-state index contributed by atoms with van der Waals surface area (Å²) in [7, 11) is 0. The molecule has 1 heterocycles. The molecule has 0 unspecified atom stereocenters. The molecule has 0 aliphatic rings. The third-order valence-corrected chi connectivity index (χ3v) is 4.05. The first-order chi connectivity index (χ1) is 8.65. The molecule has 0 saturated carbocycles. The van der Waals surface area contributed by atoms with Gasteiger partial charge in [0.1, 0.15) is 10.8 Å². The molecule has 0 radical (unpaired) electrons. The van der Waals surface area contributed by atoms with Crippen LogP contribution in [-0.4, -0.2) is 10.1 Å². The normalized spacial score (nSPS) is 10.9. The SMILES string of the molecule is Cc1cc(-c2nc3cccc(O)c3s2)ccc1N. The van der Waals surface area contributed by atoms with Gasteiger partial charge in [-0.25, -0.2) is 4.98 Å². The Morgan fingerprint density at radius 3 is 2.78 bits per heavy atom. The Morgan fingerprint density at radius 1 is 1.22 bits per heavy atom. The van der Waals surface area contributed by atoms with Gasteiger partial charge in [0.15, 0.2) is 0 Å². The summed E-state index contributed by atoms with van der Waals surface area (Å²) in [5.74, 6) is 0.281. The Hall–Kier alpha value is -2.07. The predicted octanol–water partition coefficient (Wildman–Crippen LogP) is 3.56. The van der Waals surface area contributed by atoms with Gasteiger partial charge in [0, 0.05) is 11.3 Å². The second-order valence-corrected chi connectivity index (χ2v) is 5.21. The van der Waals surface area contributed by atoms with Gasteiger partial charge in [0.2, 0.25) is 0 Å². The molecule has 4 heteroatoms. The summed E-state index contributed by atoms with van der Waals surface area (Å²) in [5.41, 5.74) is 9.48. The molecule has 0 aliphatic heterocycles. The summed E-state index contributed by atoms with van der Waals surface area (Å²) in [5, 5.41) is 10.7. The number of benzene rings is 2. The van der Waals surface area contributed by atoms with Crippen LogP contribution in [0.15, 0.2) is 36.4 Å². The predicted molar refractivity (Wildman–Crippen MR) is 75.9 cm³/mol. The van der Waals surface area contributed by atoms with E-state index in [2.05, 4.69) is 4.98 Å². The van der Waals surface area contributed by atoms with Crippen LogP contribution in [0.5, 0.6) is 5.75 Å². The summed E-state index contributed by atoms with van der Waals surface area (Å²) < 4.78 is 0.821. The van der Waals surface area contributed by atoms with E-state index in [0.29, 0.717) is 0 Å². The van der Waals surface area contributed by atoms with Gasteiger partial charge in [-0.15, -0.1) is 11.3 Å². The number of anilines is 1. The average molecular weight is 256 g/mol. The topological polar surface area (TPSA) is 59.1 Å². The Kier molecular flexibility index (Phi) is 2.45. The van der Waals surface area contributed by atoms with E-state index in [1.54, 1.807) is 12.1 Å². The molecule has 90 valence electrons. The number of hydrogen-bond donors (Lipinski definition) is 2. The number of thiazole rings is 1. The number of phenols is 1. The van der Waals surface area contributed by atoms with Crippen molar-refractivity contribution in [1.29, 1.82) is 0 Å². The third-order valence-electron chi connectivity index (χ3n) is 2.91. The van der Waals surface area contributed by atoms with E-state index in [-0.39, 0.29) is 5.75 Å². The number of aromatic nitrogens is 1. The zero-order valence-electron chi connectivity index (χ0n) is 9.84. The Bertz CT molecular complexity index is 734. The molecule has 0 spiro atoms. The van der Waals surface area contributed by atoms with Crippen molar-refractivity contribution in [1.82, 2.24) is 4.98 Å². The summed E-state index contributed by atoms with van der Waals surface area (Å²) in [6, 6.07) is 11.2. The molecule has 18 heavy (non-hydrogen) atoms. The molecule has 3 rings (SSSR count). The van der Waals surface area contributed by atoms with Gasteiger partial charge >= 0.3 is 0 Å². The second kappa shape index (κ2) is 3.99. The Labute approximate surface area is 109 Å². The first-order valence-corrected chi connectivity index (χ1v) is 6.42. The number of aromatic hydroxyl groups is 1. The highest BCUT2D eigenvalue weighted by atomic mass is 32.1. The first-order valence-electron chi connectivity index (χ1n) is 5.60. The van der Waals surface area contributed by atoms with Crippen molar-refractivity contribution in [2.24, 2.45) is 0 Å². The number of rotatable bonds is 1. The van der Waals surface area contributed by atoms with Crippen molar-refractivity contribution in [3.63, 3.8) is 0 Å². The number of aryl methyl sites for hydroxylation is 1. The standard InChI is InChI=1S/C14H12N2OS/c1-8-7-9(5-6-10(8)15)14-16-11-3-2-4-12(17)13(11)18-14/h2-7,17H,15H2,1H3. The summed E-state index contributed by atoms with van der Waals surface area (Å²) in [4.78, 5) is 4.53. The van der Waals surface area contributed by atoms with Crippen LogP contribution in [0.4, 0.5) is 5.69 Å². The fourth-order valence-corrected chi connectivity index (χ4v) is 2.84. The monoisotopic (exact) mass is 256 g/mol. The number of nitrogens with two attached hydrogens (primary N) is 1. The van der Waals surface area contributed by atoms with Crippen LogP contribution < -0.4 is 5.73 Å². The molecular weight excluding hydrogens is 244 g/mol. The van der Waals surface area contributed by atoms with Crippen molar-refractivity contribution < 1.29 is 5.11 Å². The molecule has 1 aromatic heterocycles. The summed E-state index contributed by atoms with van der Waals surface area (Å²) in [6.07, 6.45) is 0. The van der Waals surface area contributed by atoms with Gasteiger partial charge in [-0.1, -0.05) is 6.07 Å². The lowest BCUT2D eigenvalue weighted by molar-refractivity contribution is 0.482. The molecule has 0 fully saturated rings. The fraction of sp³-hybridized carbons (Fsp3) is 0.0714. The largest absolute Gasteiger partial charge is 0.506 e. The minimum atomic E-state index is 0.281. The smallest absolute Gasteiger partial charge is 0.135 e. The zero-order chi connectivity index (χ0) is 12.7. The van der Waals surface area contributed by atoms with Crippen LogP contribution in [0.2, 0.25) is 0 Å². The lowest BCUT2D eigenvalue weighted by atomic mass is 10.1. The Morgan fingerprint density at radius 2 is 2.06 bits per heavy atom. The zero-order valence-corrected chi connectivity index (χ0v) is 10.7. The lowest BCUT2D eigenvalue weighted by Crippen LogP contribution is -1.89. The fourth-order valence-electron chi connectivity index (χ4n) is 1.87. The van der Waals surface area contributed by atoms with Crippen molar-refractivity contribution in [3.05, 3.63) is 42.0 Å². The van der Waals surface area contributed by atoms with Gasteiger partial charge in [-0.3, -0.25) is 0 Å². The number of nitrogens with zero attached hydrogens (tertiary/aromatic N) is 1. The average Bonchev–Trinajstić information content (AvgIpc) is 2.78. The first kappa shape index (κ1) is 11.0. The van der Waals surface area contributed by atoms with E-state index in [1.165, 1.54) is 11.3 Å². The molecule has 3 nitrogen and oxygen atoms in total. The van der Waals surface area contributed by atoms with Gasteiger partial charge in [-0.2, -0.15) is 0 Å². The molecule has 0 bridgehead atoms. The van der Waals surface area contributed by atoms with E-state index in [0.717, 1.165) is 32.0 Å². The van der Waals surface area contributed by atoms with Crippen molar-refractivity contribution in [3.8, 4) is 16.3 Å². The minimum Gasteiger partial charge on any atom is -0.506 e. The van der Waals surface area contributed by atoms with Crippen molar-refractivity contribution in [2.75, 3.05) is 5.73 Å². The Balaban J connectivity index is 2.19. The number of fused-ring (bicyclic) bond motifs is 1. The highest BCUT2D eigenvalue weighted by Gasteiger charge is 2.09. The van der Waals surface area contributed by atoms with Crippen molar-refractivity contribution >= 4 is 27.2 Å². The van der Waals surface area contributed by atoms with Crippen LogP contribution >= 0.6 is 11.3 Å². The van der Waals surface area contributed by atoms with Crippen LogP contribution in [-0.2, 0) is 0 Å². The number of phenolic OH excluding ortho intramolecular Hbond substituents is 1. The maximum atomic E-state index is 9.78. The van der Waals surface area contributed by atoms with Crippen LogP contribution in [0, 0.1) is 6.92 Å². The maximum Gasteiger partial charge on any atom is 0.135 e. The van der Waals surface area contributed by atoms with E-state index >= 15 is 0 Å². The molecular formula is C14H12N2OS. The van der Waals surface area contributed by atoms with E-state index in [4.69, 9.17) is 5.73 Å². The van der Waals surface area contributed by atoms with E-state index in [1.807, 2.05) is 31.2 Å². The molecule has 0 saturated heterocycles. The van der Waals surface area contributed by atoms with Crippen LogP contribution in [0.25, 0.3) is 20.8 Å². The minimum absolute atomic E-state index is 0.281. The van der Waals surface area contributed by atoms with Crippen LogP contribution in [0.1, 0.15) is 5.56 Å². The molecule has 0 aliphatic carbocycles. The molecule has 3 N–H and O–H groups in total.